The SMILES string of the molecule is CCOc1ccccc1C(=O)NCCN1CCN(S(=O)(=O)c2ccc(OC)cc2)CC1. The molecule has 168 valence electrons. The number of piperazine rings is 1. The summed E-state index contributed by atoms with van der Waals surface area (Å²) in [5.74, 6) is 1.01. The number of rotatable bonds is 9. The topological polar surface area (TPSA) is 88.2 Å². The van der Waals surface area contributed by atoms with Crippen LogP contribution in [-0.4, -0.2) is 76.5 Å². The maximum atomic E-state index is 12.8. The molecule has 2 aromatic carbocycles. The van der Waals surface area contributed by atoms with Crippen molar-refractivity contribution in [2.75, 3.05) is 53.0 Å². The van der Waals surface area contributed by atoms with Crippen LogP contribution >= 0.6 is 0 Å². The fourth-order valence-corrected chi connectivity index (χ4v) is 4.87. The molecule has 1 amide bonds. The number of nitrogens with one attached hydrogen (secondary N) is 1. The molecule has 8 nitrogen and oxygen atoms in total. The number of para-hydroxylation sites is 1. The molecule has 0 saturated carbocycles. The molecular formula is C22H29N3O5S. The summed E-state index contributed by atoms with van der Waals surface area (Å²) in [6, 6.07) is 13.6. The third-order valence-electron chi connectivity index (χ3n) is 5.17. The van der Waals surface area contributed by atoms with Gasteiger partial charge in [-0.2, -0.15) is 4.31 Å². The second-order valence-corrected chi connectivity index (χ2v) is 9.04. The molecule has 0 bridgehead atoms. The van der Waals surface area contributed by atoms with Gasteiger partial charge in [-0.05, 0) is 43.3 Å². The van der Waals surface area contributed by atoms with Gasteiger partial charge in [-0.15, -0.1) is 0 Å². The van der Waals surface area contributed by atoms with E-state index < -0.39 is 10.0 Å². The minimum absolute atomic E-state index is 0.176. The predicted octanol–water partition coefficient (Wildman–Crippen LogP) is 1.83. The highest BCUT2D eigenvalue weighted by Crippen LogP contribution is 2.21. The maximum Gasteiger partial charge on any atom is 0.255 e. The lowest BCUT2D eigenvalue weighted by Crippen LogP contribution is -2.50. The molecule has 0 unspecified atom stereocenters. The first-order chi connectivity index (χ1) is 15.0. The van der Waals surface area contributed by atoms with Crippen LogP contribution in [0.1, 0.15) is 17.3 Å². The highest BCUT2D eigenvalue weighted by atomic mass is 32.2. The van der Waals surface area contributed by atoms with Crippen molar-refractivity contribution in [2.45, 2.75) is 11.8 Å². The number of benzene rings is 2. The lowest BCUT2D eigenvalue weighted by molar-refractivity contribution is 0.0941. The van der Waals surface area contributed by atoms with Gasteiger partial charge in [0.2, 0.25) is 10.0 Å². The van der Waals surface area contributed by atoms with E-state index in [9.17, 15) is 13.2 Å². The Labute approximate surface area is 183 Å². The quantitative estimate of drug-likeness (QED) is 0.631. The molecule has 2 aromatic rings. The molecule has 1 saturated heterocycles. The highest BCUT2D eigenvalue weighted by Gasteiger charge is 2.28. The first-order valence-corrected chi connectivity index (χ1v) is 11.8. The van der Waals surface area contributed by atoms with E-state index in [4.69, 9.17) is 9.47 Å². The number of carbonyl (C=O) groups is 1. The normalized spacial score (nSPS) is 15.4. The van der Waals surface area contributed by atoms with Gasteiger partial charge >= 0.3 is 0 Å². The highest BCUT2D eigenvalue weighted by molar-refractivity contribution is 7.89. The van der Waals surface area contributed by atoms with Crippen molar-refractivity contribution in [3.8, 4) is 11.5 Å². The van der Waals surface area contributed by atoms with Gasteiger partial charge in [0.05, 0.1) is 24.2 Å². The van der Waals surface area contributed by atoms with Crippen LogP contribution in [0.3, 0.4) is 0 Å². The summed E-state index contributed by atoms with van der Waals surface area (Å²) in [4.78, 5) is 14.9. The molecule has 3 rings (SSSR count). The Morgan fingerprint density at radius 1 is 1.03 bits per heavy atom. The van der Waals surface area contributed by atoms with E-state index in [1.165, 1.54) is 4.31 Å². The van der Waals surface area contributed by atoms with E-state index in [2.05, 4.69) is 10.2 Å². The zero-order valence-corrected chi connectivity index (χ0v) is 18.7. The van der Waals surface area contributed by atoms with Gasteiger partial charge in [-0.3, -0.25) is 9.69 Å². The number of nitrogens with zero attached hydrogens (tertiary/aromatic N) is 2. The van der Waals surface area contributed by atoms with Gasteiger partial charge in [0.1, 0.15) is 11.5 Å². The number of methoxy groups -OCH3 is 1. The van der Waals surface area contributed by atoms with E-state index in [1.807, 2.05) is 13.0 Å². The monoisotopic (exact) mass is 447 g/mol. The lowest BCUT2D eigenvalue weighted by Gasteiger charge is -2.34. The summed E-state index contributed by atoms with van der Waals surface area (Å²) in [6.45, 7) is 5.55. The molecule has 0 spiro atoms. The summed E-state index contributed by atoms with van der Waals surface area (Å²) >= 11 is 0. The average Bonchev–Trinajstić information content (AvgIpc) is 2.80. The summed E-state index contributed by atoms with van der Waals surface area (Å²) < 4.78 is 37.8. The van der Waals surface area contributed by atoms with Crippen LogP contribution in [0, 0.1) is 0 Å². The third kappa shape index (κ3) is 5.75. The Balaban J connectivity index is 1.47. The zero-order chi connectivity index (χ0) is 22.3. The van der Waals surface area contributed by atoms with Crippen LogP contribution < -0.4 is 14.8 Å². The van der Waals surface area contributed by atoms with Crippen LogP contribution in [0.25, 0.3) is 0 Å². The molecule has 0 atom stereocenters. The molecule has 1 fully saturated rings. The van der Waals surface area contributed by atoms with E-state index in [0.29, 0.717) is 62.9 Å². The molecule has 0 aliphatic carbocycles. The first-order valence-electron chi connectivity index (χ1n) is 10.3. The largest absolute Gasteiger partial charge is 0.497 e. The molecule has 1 heterocycles. The van der Waals surface area contributed by atoms with Gasteiger partial charge < -0.3 is 14.8 Å². The second kappa shape index (κ2) is 10.6. The molecule has 0 aromatic heterocycles. The van der Waals surface area contributed by atoms with Gasteiger partial charge in [0.15, 0.2) is 0 Å². The third-order valence-corrected chi connectivity index (χ3v) is 7.09. The van der Waals surface area contributed by atoms with E-state index in [-0.39, 0.29) is 10.8 Å². The molecule has 31 heavy (non-hydrogen) atoms. The number of hydrogen-bond donors (Lipinski definition) is 1. The van der Waals surface area contributed by atoms with Crippen molar-refractivity contribution in [3.05, 3.63) is 54.1 Å². The van der Waals surface area contributed by atoms with E-state index in [1.54, 1.807) is 49.6 Å². The van der Waals surface area contributed by atoms with Gasteiger partial charge in [0, 0.05) is 39.3 Å². The summed E-state index contributed by atoms with van der Waals surface area (Å²) in [5.41, 5.74) is 0.514. The predicted molar refractivity (Wildman–Crippen MR) is 118 cm³/mol. The minimum Gasteiger partial charge on any atom is -0.497 e. The number of carbonyl (C=O) groups excluding carboxylic acids is 1. The Morgan fingerprint density at radius 3 is 2.35 bits per heavy atom. The van der Waals surface area contributed by atoms with Crippen molar-refractivity contribution in [3.63, 3.8) is 0 Å². The average molecular weight is 448 g/mol. The molecule has 1 aliphatic heterocycles. The second-order valence-electron chi connectivity index (χ2n) is 7.11. The van der Waals surface area contributed by atoms with Gasteiger partial charge in [-0.1, -0.05) is 12.1 Å². The van der Waals surface area contributed by atoms with E-state index >= 15 is 0 Å². The van der Waals surface area contributed by atoms with Crippen molar-refractivity contribution >= 4 is 15.9 Å². The Bertz CT molecular complexity index is 971. The standard InChI is InChI=1S/C22H29N3O5S/c1-3-30-21-7-5-4-6-20(21)22(26)23-12-13-24-14-16-25(17-15-24)31(27,28)19-10-8-18(29-2)9-11-19/h4-11H,3,12-17H2,1-2H3,(H,23,26). The summed E-state index contributed by atoms with van der Waals surface area (Å²) in [6.07, 6.45) is 0. The molecule has 1 aliphatic rings. The number of hydrogen-bond acceptors (Lipinski definition) is 6. The first kappa shape index (κ1) is 23.1. The smallest absolute Gasteiger partial charge is 0.255 e. The fourth-order valence-electron chi connectivity index (χ4n) is 3.45. The summed E-state index contributed by atoms with van der Waals surface area (Å²) in [5, 5.41) is 2.92. The lowest BCUT2D eigenvalue weighted by atomic mass is 10.2. The van der Waals surface area contributed by atoms with Gasteiger partial charge in [0.25, 0.3) is 5.91 Å². The van der Waals surface area contributed by atoms with Crippen molar-refractivity contribution in [1.29, 1.82) is 0 Å². The summed E-state index contributed by atoms with van der Waals surface area (Å²) in [7, 11) is -1.98. The minimum atomic E-state index is -3.52. The van der Waals surface area contributed by atoms with E-state index in [0.717, 1.165) is 0 Å². The van der Waals surface area contributed by atoms with Crippen molar-refractivity contribution in [1.82, 2.24) is 14.5 Å². The molecule has 9 heteroatoms. The Hall–Kier alpha value is -2.62. The van der Waals surface area contributed by atoms with Crippen LogP contribution in [0.4, 0.5) is 0 Å². The fraction of sp³-hybridized carbons (Fsp3) is 0.409. The van der Waals surface area contributed by atoms with Crippen molar-refractivity contribution < 1.29 is 22.7 Å². The van der Waals surface area contributed by atoms with Crippen molar-refractivity contribution in [2.24, 2.45) is 0 Å². The number of ether oxygens (including phenoxy) is 2. The Morgan fingerprint density at radius 2 is 1.71 bits per heavy atom. The van der Waals surface area contributed by atoms with Gasteiger partial charge in [-0.25, -0.2) is 8.42 Å². The van der Waals surface area contributed by atoms with Crippen LogP contribution in [0.15, 0.2) is 53.4 Å². The van der Waals surface area contributed by atoms with Crippen LogP contribution in [-0.2, 0) is 10.0 Å². The zero-order valence-electron chi connectivity index (χ0n) is 17.9. The molecule has 0 radical (unpaired) electrons. The molecular weight excluding hydrogens is 418 g/mol. The maximum absolute atomic E-state index is 12.8. The molecule has 1 N–H and O–H groups in total. The number of sulfonamides is 1. The van der Waals surface area contributed by atoms with Crippen LogP contribution in [0.2, 0.25) is 0 Å². The number of amides is 1. The Kier molecular flexibility index (Phi) is 7.89. The van der Waals surface area contributed by atoms with Crippen LogP contribution in [0.5, 0.6) is 11.5 Å².